The van der Waals surface area contributed by atoms with Gasteiger partial charge in [0.15, 0.2) is 11.6 Å². The van der Waals surface area contributed by atoms with Crippen molar-refractivity contribution in [1.29, 1.82) is 0 Å². The summed E-state index contributed by atoms with van der Waals surface area (Å²) in [5.41, 5.74) is 2.77. The van der Waals surface area contributed by atoms with Crippen LogP contribution in [-0.2, 0) is 19.3 Å². The summed E-state index contributed by atoms with van der Waals surface area (Å²) in [6.45, 7) is 2.12. The molecule has 0 aromatic heterocycles. The first kappa shape index (κ1) is 20.6. The predicted molar refractivity (Wildman–Crippen MR) is 97.5 cm³/mol. The second-order valence-electron chi connectivity index (χ2n) is 7.35. The zero-order chi connectivity index (χ0) is 20.3. The van der Waals surface area contributed by atoms with Gasteiger partial charge in [0.05, 0.1) is 0 Å². The Morgan fingerprint density at radius 3 is 2.46 bits per heavy atom. The first-order valence-corrected chi connectivity index (χ1v) is 9.62. The molecule has 0 radical (unpaired) electrons. The smallest absolute Gasteiger partial charge is 0.403 e. The molecular weight excluding hydrogens is 375 g/mol. The Labute approximate surface area is 161 Å². The standard InChI is InChI=1S/C22H23F5O/c1-2-3-4-5-14-6-9-18(19(23)10-14)16-8-7-15-13-21(28-22(25,26)27)20(24)12-17(15)11-16/h6,9-10,12-13,16H,2-5,7-8,11H2,1H3. The van der Waals surface area contributed by atoms with Gasteiger partial charge in [-0.2, -0.15) is 0 Å². The van der Waals surface area contributed by atoms with Crippen molar-refractivity contribution in [2.24, 2.45) is 0 Å². The summed E-state index contributed by atoms with van der Waals surface area (Å²) in [5.74, 6) is -2.25. The van der Waals surface area contributed by atoms with Crippen LogP contribution in [0.2, 0.25) is 0 Å². The maximum absolute atomic E-state index is 14.6. The summed E-state index contributed by atoms with van der Waals surface area (Å²) < 4.78 is 69.5. The van der Waals surface area contributed by atoms with Crippen molar-refractivity contribution < 1.29 is 26.7 Å². The molecule has 0 saturated carbocycles. The molecule has 3 rings (SSSR count). The van der Waals surface area contributed by atoms with Crippen LogP contribution < -0.4 is 4.74 Å². The minimum absolute atomic E-state index is 0.119. The first-order valence-electron chi connectivity index (χ1n) is 9.62. The fourth-order valence-electron chi connectivity index (χ4n) is 3.86. The number of benzene rings is 2. The van der Waals surface area contributed by atoms with E-state index in [1.807, 2.05) is 6.07 Å². The van der Waals surface area contributed by atoms with E-state index in [4.69, 9.17) is 0 Å². The quantitative estimate of drug-likeness (QED) is 0.381. The molecule has 28 heavy (non-hydrogen) atoms. The van der Waals surface area contributed by atoms with E-state index in [-0.39, 0.29) is 11.7 Å². The van der Waals surface area contributed by atoms with Crippen molar-refractivity contribution in [3.05, 3.63) is 64.2 Å². The molecule has 0 aliphatic heterocycles. The molecule has 0 fully saturated rings. The summed E-state index contributed by atoms with van der Waals surface area (Å²) in [6, 6.07) is 7.50. The topological polar surface area (TPSA) is 9.23 Å². The second-order valence-corrected chi connectivity index (χ2v) is 7.35. The SMILES string of the molecule is CCCCCc1ccc(C2CCc3cc(OC(F)(F)F)c(F)cc3C2)c(F)c1. The van der Waals surface area contributed by atoms with Gasteiger partial charge in [-0.15, -0.1) is 13.2 Å². The zero-order valence-electron chi connectivity index (χ0n) is 15.7. The van der Waals surface area contributed by atoms with Gasteiger partial charge in [0.1, 0.15) is 5.82 Å². The number of fused-ring (bicyclic) bond motifs is 1. The van der Waals surface area contributed by atoms with Gasteiger partial charge in [-0.05, 0) is 78.5 Å². The van der Waals surface area contributed by atoms with E-state index in [9.17, 15) is 22.0 Å². The van der Waals surface area contributed by atoms with Crippen molar-refractivity contribution in [3.8, 4) is 5.75 Å². The van der Waals surface area contributed by atoms with Crippen LogP contribution >= 0.6 is 0 Å². The maximum atomic E-state index is 14.6. The molecule has 0 spiro atoms. The zero-order valence-corrected chi connectivity index (χ0v) is 15.7. The van der Waals surface area contributed by atoms with Crippen molar-refractivity contribution in [3.63, 3.8) is 0 Å². The summed E-state index contributed by atoms with van der Waals surface area (Å²) in [4.78, 5) is 0. The number of rotatable bonds is 6. The summed E-state index contributed by atoms with van der Waals surface area (Å²) in [5, 5.41) is 0. The Balaban J connectivity index is 1.75. The minimum Gasteiger partial charge on any atom is -0.403 e. The molecule has 1 aliphatic rings. The van der Waals surface area contributed by atoms with Crippen LogP contribution in [-0.4, -0.2) is 6.36 Å². The normalized spacial score (nSPS) is 16.7. The van der Waals surface area contributed by atoms with Gasteiger partial charge in [-0.1, -0.05) is 31.9 Å². The summed E-state index contributed by atoms with van der Waals surface area (Å²) >= 11 is 0. The van der Waals surface area contributed by atoms with Gasteiger partial charge in [-0.3, -0.25) is 0 Å². The monoisotopic (exact) mass is 398 g/mol. The van der Waals surface area contributed by atoms with Crippen molar-refractivity contribution in [2.45, 2.75) is 64.1 Å². The Bertz CT molecular complexity index is 828. The van der Waals surface area contributed by atoms with E-state index < -0.39 is 17.9 Å². The lowest BCUT2D eigenvalue weighted by Crippen LogP contribution is -2.19. The number of ether oxygens (including phenoxy) is 1. The first-order chi connectivity index (χ1) is 13.3. The van der Waals surface area contributed by atoms with E-state index in [1.165, 1.54) is 0 Å². The molecule has 1 atom stereocenters. The fourth-order valence-corrected chi connectivity index (χ4v) is 3.86. The molecule has 0 saturated heterocycles. The lowest BCUT2D eigenvalue weighted by atomic mass is 9.79. The number of aryl methyl sites for hydroxylation is 2. The Morgan fingerprint density at radius 1 is 1.00 bits per heavy atom. The Morgan fingerprint density at radius 2 is 1.79 bits per heavy atom. The van der Waals surface area contributed by atoms with Crippen molar-refractivity contribution in [2.75, 3.05) is 0 Å². The van der Waals surface area contributed by atoms with Crippen molar-refractivity contribution >= 4 is 0 Å². The van der Waals surface area contributed by atoms with E-state index >= 15 is 0 Å². The van der Waals surface area contributed by atoms with Gasteiger partial charge in [0.2, 0.25) is 0 Å². The highest BCUT2D eigenvalue weighted by Crippen LogP contribution is 2.37. The fraction of sp³-hybridized carbons (Fsp3) is 0.455. The number of hydrogen-bond acceptors (Lipinski definition) is 1. The lowest BCUT2D eigenvalue weighted by Gasteiger charge is -2.26. The molecule has 0 amide bonds. The van der Waals surface area contributed by atoms with E-state index in [0.717, 1.165) is 43.4 Å². The molecule has 6 heteroatoms. The molecule has 152 valence electrons. The summed E-state index contributed by atoms with van der Waals surface area (Å²) in [7, 11) is 0. The van der Waals surface area contributed by atoms with Gasteiger partial charge in [-0.25, -0.2) is 8.78 Å². The highest BCUT2D eigenvalue weighted by atomic mass is 19.4. The number of halogens is 5. The number of unbranched alkanes of at least 4 members (excludes halogenated alkanes) is 2. The van der Waals surface area contributed by atoms with E-state index in [1.54, 1.807) is 12.1 Å². The average Bonchev–Trinajstić information content (AvgIpc) is 2.61. The van der Waals surface area contributed by atoms with Gasteiger partial charge >= 0.3 is 6.36 Å². The maximum Gasteiger partial charge on any atom is 0.573 e. The van der Waals surface area contributed by atoms with Crippen LogP contribution in [0.1, 0.15) is 60.8 Å². The van der Waals surface area contributed by atoms with Crippen molar-refractivity contribution in [1.82, 2.24) is 0 Å². The Hall–Kier alpha value is -2.11. The third-order valence-electron chi connectivity index (χ3n) is 5.28. The number of hydrogen-bond donors (Lipinski definition) is 0. The van der Waals surface area contributed by atoms with Crippen LogP contribution in [0, 0.1) is 11.6 Å². The van der Waals surface area contributed by atoms with Gasteiger partial charge in [0.25, 0.3) is 0 Å². The van der Waals surface area contributed by atoms with Crippen LogP contribution in [0.3, 0.4) is 0 Å². The summed E-state index contributed by atoms with van der Waals surface area (Å²) in [6.07, 6.45) is 0.573. The largest absolute Gasteiger partial charge is 0.573 e. The van der Waals surface area contributed by atoms with E-state index in [0.29, 0.717) is 36.0 Å². The second kappa shape index (κ2) is 8.50. The molecule has 1 nitrogen and oxygen atoms in total. The molecular formula is C22H23F5O. The van der Waals surface area contributed by atoms with E-state index in [2.05, 4.69) is 11.7 Å². The highest BCUT2D eigenvalue weighted by Gasteiger charge is 2.33. The molecule has 2 aromatic rings. The molecule has 2 aromatic carbocycles. The van der Waals surface area contributed by atoms with Crippen LogP contribution in [0.15, 0.2) is 30.3 Å². The van der Waals surface area contributed by atoms with Gasteiger partial charge in [0, 0.05) is 0 Å². The molecule has 0 bridgehead atoms. The van der Waals surface area contributed by atoms with Gasteiger partial charge < -0.3 is 4.74 Å². The minimum atomic E-state index is -4.94. The lowest BCUT2D eigenvalue weighted by molar-refractivity contribution is -0.275. The van der Waals surface area contributed by atoms with Crippen LogP contribution in [0.25, 0.3) is 0 Å². The number of alkyl halides is 3. The molecule has 1 unspecified atom stereocenters. The third-order valence-corrected chi connectivity index (χ3v) is 5.28. The van der Waals surface area contributed by atoms with Crippen LogP contribution in [0.5, 0.6) is 5.75 Å². The van der Waals surface area contributed by atoms with Crippen LogP contribution in [0.4, 0.5) is 22.0 Å². The average molecular weight is 398 g/mol. The third kappa shape index (κ3) is 5.03. The highest BCUT2D eigenvalue weighted by molar-refractivity contribution is 5.41. The molecule has 1 aliphatic carbocycles. The molecule has 0 heterocycles. The Kier molecular flexibility index (Phi) is 6.26. The predicted octanol–water partition coefficient (Wildman–Crippen LogP) is 6.87. The molecule has 0 N–H and O–H groups in total.